The number of halogens is 3. The molecule has 10 heteroatoms. The number of carbonyl (C=O) groups excluding carboxylic acids is 1. The number of nitrogens with zero attached hydrogens (tertiary/aromatic N) is 3. The topological polar surface area (TPSA) is 87.2 Å². The van der Waals surface area contributed by atoms with Gasteiger partial charge in [-0.3, -0.25) is 14.2 Å². The van der Waals surface area contributed by atoms with E-state index in [4.69, 9.17) is 14.2 Å². The molecular formula is C28H28F3N3O4. The highest BCUT2D eigenvalue weighted by atomic mass is 19.4. The van der Waals surface area contributed by atoms with Crippen LogP contribution in [0.25, 0.3) is 27.8 Å². The minimum atomic E-state index is -4.49. The van der Waals surface area contributed by atoms with Gasteiger partial charge in [0.15, 0.2) is 0 Å². The molecule has 0 aliphatic rings. The Labute approximate surface area is 217 Å². The van der Waals surface area contributed by atoms with Crippen LogP contribution in [0.5, 0.6) is 0 Å². The van der Waals surface area contributed by atoms with E-state index in [0.717, 1.165) is 12.1 Å². The molecule has 0 radical (unpaired) electrons. The van der Waals surface area contributed by atoms with Gasteiger partial charge >= 0.3 is 12.1 Å². The fraction of sp³-hybridized carbons (Fsp3) is 0.357. The van der Waals surface area contributed by atoms with E-state index >= 15 is 0 Å². The van der Waals surface area contributed by atoms with Gasteiger partial charge in [-0.2, -0.15) is 13.2 Å². The van der Waals surface area contributed by atoms with E-state index in [1.54, 1.807) is 52.0 Å². The number of esters is 1. The molecule has 2 aromatic heterocycles. The molecule has 2 heterocycles. The summed E-state index contributed by atoms with van der Waals surface area (Å²) < 4.78 is 51.2. The first-order valence-corrected chi connectivity index (χ1v) is 12.2. The lowest BCUT2D eigenvalue weighted by molar-refractivity contribution is -0.155. The number of aryl methyl sites for hydroxylation is 2. The lowest BCUT2D eigenvalue weighted by atomic mass is 10.1. The van der Waals surface area contributed by atoms with E-state index in [1.807, 2.05) is 0 Å². The number of carbonyl (C=O) groups is 1. The number of rotatable bonds is 7. The molecule has 0 unspecified atom stereocenters. The van der Waals surface area contributed by atoms with Crippen LogP contribution in [-0.4, -0.2) is 26.3 Å². The molecule has 0 N–H and O–H groups in total. The summed E-state index contributed by atoms with van der Waals surface area (Å²) in [5, 5.41) is 4.32. The molecule has 2 aromatic carbocycles. The molecule has 0 saturated heterocycles. The third-order valence-corrected chi connectivity index (χ3v) is 5.77. The number of benzene rings is 2. The van der Waals surface area contributed by atoms with Crippen LogP contribution >= 0.6 is 0 Å². The summed E-state index contributed by atoms with van der Waals surface area (Å²) in [6.45, 7) is 7.15. The first-order chi connectivity index (χ1) is 17.8. The molecule has 0 aliphatic carbocycles. The zero-order chi connectivity index (χ0) is 27.7. The van der Waals surface area contributed by atoms with Gasteiger partial charge in [-0.05, 0) is 76.9 Å². The lowest BCUT2D eigenvalue weighted by Gasteiger charge is -2.19. The smallest absolute Gasteiger partial charge is 0.416 e. The normalized spacial score (nSPS) is 12.2. The summed E-state index contributed by atoms with van der Waals surface area (Å²) in [7, 11) is 0. The number of hydrogen-bond acceptors (Lipinski definition) is 6. The second-order valence-corrected chi connectivity index (χ2v) is 10.1. The number of alkyl halides is 3. The SMILES string of the molecule is Cc1cc(-c2ccc3c(=O)n(-c4ccc(C(F)(F)F)cc4)c(CCCCC(=O)OC(C)(C)C)nc3c2)no1. The van der Waals surface area contributed by atoms with E-state index in [2.05, 4.69) is 5.16 Å². The lowest BCUT2D eigenvalue weighted by Crippen LogP contribution is -2.24. The van der Waals surface area contributed by atoms with Crippen molar-refractivity contribution in [3.8, 4) is 16.9 Å². The summed E-state index contributed by atoms with van der Waals surface area (Å²) in [5.41, 5.74) is 0.213. The van der Waals surface area contributed by atoms with Crippen molar-refractivity contribution in [3.05, 3.63) is 76.0 Å². The second-order valence-electron chi connectivity index (χ2n) is 10.1. The van der Waals surface area contributed by atoms with Gasteiger partial charge in [0.1, 0.15) is 22.9 Å². The third-order valence-electron chi connectivity index (χ3n) is 5.77. The molecule has 0 bridgehead atoms. The van der Waals surface area contributed by atoms with Crippen molar-refractivity contribution in [2.75, 3.05) is 0 Å². The second kappa shape index (κ2) is 10.4. The Morgan fingerprint density at radius 1 is 1.03 bits per heavy atom. The average molecular weight is 528 g/mol. The van der Waals surface area contributed by atoms with Crippen molar-refractivity contribution in [1.29, 1.82) is 0 Å². The van der Waals surface area contributed by atoms with Crippen molar-refractivity contribution in [3.63, 3.8) is 0 Å². The van der Waals surface area contributed by atoms with Crippen molar-refractivity contribution in [2.24, 2.45) is 0 Å². The highest BCUT2D eigenvalue weighted by Gasteiger charge is 2.30. The van der Waals surface area contributed by atoms with E-state index in [1.165, 1.54) is 16.7 Å². The van der Waals surface area contributed by atoms with Gasteiger partial charge in [0, 0.05) is 24.5 Å². The van der Waals surface area contributed by atoms with Gasteiger partial charge in [0.05, 0.1) is 22.2 Å². The first kappa shape index (κ1) is 27.1. The van der Waals surface area contributed by atoms with Gasteiger partial charge < -0.3 is 9.26 Å². The average Bonchev–Trinajstić information content (AvgIpc) is 3.26. The number of aromatic nitrogens is 3. The summed E-state index contributed by atoms with van der Waals surface area (Å²) in [4.78, 5) is 30.4. The third kappa shape index (κ3) is 6.30. The molecule has 0 aliphatic heterocycles. The highest BCUT2D eigenvalue weighted by Crippen LogP contribution is 2.30. The number of fused-ring (bicyclic) bond motifs is 1. The predicted molar refractivity (Wildman–Crippen MR) is 136 cm³/mol. The molecule has 0 amide bonds. The van der Waals surface area contributed by atoms with Crippen molar-refractivity contribution in [1.82, 2.24) is 14.7 Å². The Balaban J connectivity index is 1.70. The quantitative estimate of drug-likeness (QED) is 0.204. The van der Waals surface area contributed by atoms with Crippen molar-refractivity contribution in [2.45, 2.75) is 65.2 Å². The van der Waals surface area contributed by atoms with Gasteiger partial charge in [-0.15, -0.1) is 0 Å². The molecule has 200 valence electrons. The van der Waals surface area contributed by atoms with Crippen LogP contribution in [0.3, 0.4) is 0 Å². The number of unbranched alkanes of at least 4 members (excludes halogenated alkanes) is 1. The van der Waals surface area contributed by atoms with Gasteiger partial charge in [-0.1, -0.05) is 11.2 Å². The molecular weight excluding hydrogens is 499 g/mol. The van der Waals surface area contributed by atoms with Gasteiger partial charge in [0.25, 0.3) is 5.56 Å². The van der Waals surface area contributed by atoms with Crippen LogP contribution in [0, 0.1) is 6.92 Å². The maximum atomic E-state index is 13.6. The van der Waals surface area contributed by atoms with E-state index in [0.29, 0.717) is 53.0 Å². The summed E-state index contributed by atoms with van der Waals surface area (Å²) in [5.74, 6) is 0.688. The minimum absolute atomic E-state index is 0.199. The summed E-state index contributed by atoms with van der Waals surface area (Å²) >= 11 is 0. The molecule has 0 saturated carbocycles. The maximum Gasteiger partial charge on any atom is 0.416 e. The van der Waals surface area contributed by atoms with Crippen LogP contribution in [0.2, 0.25) is 0 Å². The number of hydrogen-bond donors (Lipinski definition) is 0. The van der Waals surface area contributed by atoms with Crippen LogP contribution < -0.4 is 5.56 Å². The largest absolute Gasteiger partial charge is 0.460 e. The minimum Gasteiger partial charge on any atom is -0.460 e. The molecule has 0 fully saturated rings. The Bertz CT molecular complexity index is 1510. The standard InChI is InChI=1S/C28H28F3N3O4/c1-17-15-22(33-38-17)18-9-14-21-23(16-18)32-24(7-5-6-8-25(35)37-27(2,3)4)34(26(21)36)20-12-10-19(11-13-20)28(29,30)31/h9-16H,5-8H2,1-4H3. The van der Waals surface area contributed by atoms with Crippen LogP contribution in [0.4, 0.5) is 13.2 Å². The Morgan fingerprint density at radius 3 is 2.34 bits per heavy atom. The van der Waals surface area contributed by atoms with E-state index in [-0.39, 0.29) is 18.1 Å². The van der Waals surface area contributed by atoms with E-state index in [9.17, 15) is 22.8 Å². The fourth-order valence-electron chi connectivity index (χ4n) is 4.07. The van der Waals surface area contributed by atoms with Gasteiger partial charge in [0.2, 0.25) is 0 Å². The van der Waals surface area contributed by atoms with Gasteiger partial charge in [-0.25, -0.2) is 4.98 Å². The van der Waals surface area contributed by atoms with Crippen molar-refractivity contribution >= 4 is 16.9 Å². The molecule has 4 aromatic rings. The fourth-order valence-corrected chi connectivity index (χ4v) is 4.07. The Kier molecular flexibility index (Phi) is 7.44. The van der Waals surface area contributed by atoms with Crippen LogP contribution in [-0.2, 0) is 22.1 Å². The molecule has 0 atom stereocenters. The van der Waals surface area contributed by atoms with Crippen molar-refractivity contribution < 1.29 is 27.2 Å². The first-order valence-electron chi connectivity index (χ1n) is 12.2. The molecule has 0 spiro atoms. The zero-order valence-electron chi connectivity index (χ0n) is 21.6. The monoisotopic (exact) mass is 527 g/mol. The summed E-state index contributed by atoms with van der Waals surface area (Å²) in [6, 6.07) is 11.2. The molecule has 38 heavy (non-hydrogen) atoms. The highest BCUT2D eigenvalue weighted by molar-refractivity contribution is 5.83. The zero-order valence-corrected chi connectivity index (χ0v) is 21.6. The van der Waals surface area contributed by atoms with E-state index < -0.39 is 22.9 Å². The molecule has 7 nitrogen and oxygen atoms in total. The maximum absolute atomic E-state index is 13.6. The predicted octanol–water partition coefficient (Wildman–Crippen LogP) is 6.42. The van der Waals surface area contributed by atoms with Crippen LogP contribution in [0.15, 0.2) is 57.8 Å². The van der Waals surface area contributed by atoms with Crippen LogP contribution in [0.1, 0.15) is 57.2 Å². The Morgan fingerprint density at radius 2 is 1.74 bits per heavy atom. The molecule has 4 rings (SSSR count). The Hall–Kier alpha value is -3.95. The summed E-state index contributed by atoms with van der Waals surface area (Å²) in [6.07, 6.45) is -2.97. The number of ether oxygens (including phenoxy) is 1.